The van der Waals surface area contributed by atoms with Crippen LogP contribution in [0.3, 0.4) is 0 Å². The van der Waals surface area contributed by atoms with Crippen LogP contribution in [0.4, 0.5) is 4.39 Å². The zero-order valence-electron chi connectivity index (χ0n) is 17.5. The molecule has 4 rings (SSSR count). The highest BCUT2D eigenvalue weighted by molar-refractivity contribution is 6.42. The topological polar surface area (TPSA) is 57.1 Å². The summed E-state index contributed by atoms with van der Waals surface area (Å²) in [6.45, 7) is 2.54. The first-order valence-corrected chi connectivity index (χ1v) is 10.8. The molecule has 0 N–H and O–H groups in total. The Hall–Kier alpha value is -3.35. The van der Waals surface area contributed by atoms with E-state index in [0.29, 0.717) is 39.3 Å². The lowest BCUT2D eigenvalue weighted by Gasteiger charge is -2.13. The van der Waals surface area contributed by atoms with Crippen LogP contribution in [0.25, 0.3) is 6.08 Å². The molecule has 1 heterocycles. The smallest absolute Gasteiger partial charge is 0.363 e. The second-order valence-electron chi connectivity index (χ2n) is 7.02. The van der Waals surface area contributed by atoms with Gasteiger partial charge in [-0.15, -0.1) is 0 Å². The maximum absolute atomic E-state index is 13.1. The van der Waals surface area contributed by atoms with Crippen LogP contribution in [0.5, 0.6) is 11.5 Å². The predicted octanol–water partition coefficient (Wildman–Crippen LogP) is 6.45. The summed E-state index contributed by atoms with van der Waals surface area (Å²) in [4.78, 5) is 16.6. The monoisotopic (exact) mass is 485 g/mol. The number of benzene rings is 3. The minimum Gasteiger partial charge on any atom is -0.490 e. The normalized spacial score (nSPS) is 14.2. The Kier molecular flexibility index (Phi) is 6.96. The van der Waals surface area contributed by atoms with Crippen LogP contribution >= 0.6 is 23.2 Å². The van der Waals surface area contributed by atoms with E-state index >= 15 is 0 Å². The number of aliphatic imine (C=N–C) groups is 1. The maximum atomic E-state index is 13.1. The molecule has 3 aromatic rings. The summed E-state index contributed by atoms with van der Waals surface area (Å²) in [5, 5.41) is 0.731. The summed E-state index contributed by atoms with van der Waals surface area (Å²) >= 11 is 12.0. The zero-order chi connectivity index (χ0) is 23.4. The standard InChI is InChI=1S/C25H18Cl2FNO4/c1-2-31-23-12-16(5-10-22(23)32-14-15-3-7-18(28)8-4-15)11-21-25(30)33-24(29-21)17-6-9-19(26)20(27)13-17/h3-13H,2,14H2,1H3/b21-11-. The van der Waals surface area contributed by atoms with Gasteiger partial charge in [-0.2, -0.15) is 0 Å². The summed E-state index contributed by atoms with van der Waals surface area (Å²) in [5.74, 6) is 0.299. The summed E-state index contributed by atoms with van der Waals surface area (Å²) in [6.07, 6.45) is 1.60. The highest BCUT2D eigenvalue weighted by Gasteiger charge is 2.24. The number of rotatable bonds is 7. The Labute approximate surface area is 200 Å². The quantitative estimate of drug-likeness (QED) is 0.284. The van der Waals surface area contributed by atoms with Gasteiger partial charge in [0.2, 0.25) is 5.90 Å². The Balaban J connectivity index is 1.56. The number of carbonyl (C=O) groups excluding carboxylic acids is 1. The molecule has 0 radical (unpaired) electrons. The molecule has 5 nitrogen and oxygen atoms in total. The van der Waals surface area contributed by atoms with Crippen molar-refractivity contribution in [2.45, 2.75) is 13.5 Å². The number of ether oxygens (including phenoxy) is 3. The van der Waals surface area contributed by atoms with Gasteiger partial charge in [0.05, 0.1) is 16.7 Å². The summed E-state index contributed by atoms with van der Waals surface area (Å²) < 4.78 is 29.9. The number of hydrogen-bond donors (Lipinski definition) is 0. The highest BCUT2D eigenvalue weighted by Crippen LogP contribution is 2.31. The minimum atomic E-state index is -0.578. The van der Waals surface area contributed by atoms with Gasteiger partial charge in [-0.25, -0.2) is 14.2 Å². The molecule has 0 saturated carbocycles. The van der Waals surface area contributed by atoms with Gasteiger partial charge in [-0.1, -0.05) is 41.4 Å². The zero-order valence-corrected chi connectivity index (χ0v) is 19.0. The molecule has 0 fully saturated rings. The van der Waals surface area contributed by atoms with Crippen molar-refractivity contribution in [2.75, 3.05) is 6.61 Å². The van der Waals surface area contributed by atoms with E-state index in [-0.39, 0.29) is 24.0 Å². The van der Waals surface area contributed by atoms with Crippen LogP contribution < -0.4 is 9.47 Å². The van der Waals surface area contributed by atoms with Gasteiger partial charge in [0.25, 0.3) is 0 Å². The molecule has 1 aliphatic heterocycles. The lowest BCUT2D eigenvalue weighted by atomic mass is 10.1. The van der Waals surface area contributed by atoms with E-state index in [0.717, 1.165) is 5.56 Å². The predicted molar refractivity (Wildman–Crippen MR) is 125 cm³/mol. The van der Waals surface area contributed by atoms with Crippen LogP contribution in [0.1, 0.15) is 23.6 Å². The molecule has 0 bridgehead atoms. The molecule has 1 aliphatic rings. The lowest BCUT2D eigenvalue weighted by molar-refractivity contribution is -0.129. The molecule has 3 aromatic carbocycles. The van der Waals surface area contributed by atoms with Gasteiger partial charge in [0, 0.05) is 5.56 Å². The maximum Gasteiger partial charge on any atom is 0.363 e. The summed E-state index contributed by atoms with van der Waals surface area (Å²) in [6, 6.07) is 16.2. The average molecular weight is 486 g/mol. The van der Waals surface area contributed by atoms with Gasteiger partial charge in [-0.05, 0) is 66.6 Å². The van der Waals surface area contributed by atoms with E-state index in [1.165, 1.54) is 12.1 Å². The Morgan fingerprint density at radius 1 is 0.970 bits per heavy atom. The average Bonchev–Trinajstić information content (AvgIpc) is 3.16. The van der Waals surface area contributed by atoms with Gasteiger partial charge < -0.3 is 14.2 Å². The molecule has 0 amide bonds. The van der Waals surface area contributed by atoms with E-state index in [9.17, 15) is 9.18 Å². The molecule has 0 aromatic heterocycles. The summed E-state index contributed by atoms with van der Waals surface area (Å²) in [5.41, 5.74) is 2.18. The Morgan fingerprint density at radius 3 is 2.48 bits per heavy atom. The lowest BCUT2D eigenvalue weighted by Crippen LogP contribution is -2.05. The minimum absolute atomic E-state index is 0.138. The van der Waals surface area contributed by atoms with E-state index in [1.807, 2.05) is 6.92 Å². The molecule has 0 spiro atoms. The first-order valence-electron chi connectivity index (χ1n) is 10.0. The van der Waals surface area contributed by atoms with E-state index in [4.69, 9.17) is 37.4 Å². The van der Waals surface area contributed by atoms with Crippen molar-refractivity contribution in [1.29, 1.82) is 0 Å². The van der Waals surface area contributed by atoms with Crippen LogP contribution in [0, 0.1) is 5.82 Å². The van der Waals surface area contributed by atoms with Crippen molar-refractivity contribution < 1.29 is 23.4 Å². The van der Waals surface area contributed by atoms with Crippen molar-refractivity contribution in [2.24, 2.45) is 4.99 Å². The Bertz CT molecular complexity index is 1260. The van der Waals surface area contributed by atoms with Crippen molar-refractivity contribution >= 4 is 41.1 Å². The van der Waals surface area contributed by atoms with Gasteiger partial charge in [-0.3, -0.25) is 0 Å². The second kappa shape index (κ2) is 10.1. The second-order valence-corrected chi connectivity index (χ2v) is 7.83. The van der Waals surface area contributed by atoms with Gasteiger partial charge >= 0.3 is 5.97 Å². The number of hydrogen-bond acceptors (Lipinski definition) is 5. The number of esters is 1. The van der Waals surface area contributed by atoms with E-state index in [1.54, 1.807) is 54.6 Å². The highest BCUT2D eigenvalue weighted by atomic mass is 35.5. The molecule has 0 atom stereocenters. The fraction of sp³-hybridized carbons (Fsp3) is 0.120. The first-order chi connectivity index (χ1) is 15.9. The number of cyclic esters (lactones) is 1. The molecule has 168 valence electrons. The largest absolute Gasteiger partial charge is 0.490 e. The van der Waals surface area contributed by atoms with Crippen molar-refractivity contribution in [1.82, 2.24) is 0 Å². The van der Waals surface area contributed by atoms with Crippen molar-refractivity contribution in [3.8, 4) is 11.5 Å². The Morgan fingerprint density at radius 2 is 1.76 bits per heavy atom. The fourth-order valence-electron chi connectivity index (χ4n) is 3.06. The molecule has 0 saturated heterocycles. The summed E-state index contributed by atoms with van der Waals surface area (Å²) in [7, 11) is 0. The third kappa shape index (κ3) is 5.53. The molecular formula is C25H18Cl2FNO4. The number of carbonyl (C=O) groups is 1. The third-order valence-corrected chi connectivity index (χ3v) is 5.40. The van der Waals surface area contributed by atoms with Gasteiger partial charge in [0.15, 0.2) is 17.2 Å². The van der Waals surface area contributed by atoms with Crippen LogP contribution in [0.2, 0.25) is 10.0 Å². The molecule has 0 unspecified atom stereocenters. The molecule has 8 heteroatoms. The van der Waals surface area contributed by atoms with Crippen molar-refractivity contribution in [3.05, 3.63) is 98.9 Å². The van der Waals surface area contributed by atoms with E-state index in [2.05, 4.69) is 4.99 Å². The first kappa shape index (κ1) is 22.8. The molecular weight excluding hydrogens is 468 g/mol. The van der Waals surface area contributed by atoms with Crippen LogP contribution in [-0.4, -0.2) is 18.5 Å². The number of nitrogens with zero attached hydrogens (tertiary/aromatic N) is 1. The number of halogens is 3. The third-order valence-electron chi connectivity index (χ3n) is 4.67. The molecule has 33 heavy (non-hydrogen) atoms. The van der Waals surface area contributed by atoms with Crippen molar-refractivity contribution in [3.63, 3.8) is 0 Å². The van der Waals surface area contributed by atoms with Crippen LogP contribution in [-0.2, 0) is 16.1 Å². The molecule has 0 aliphatic carbocycles. The fourth-order valence-corrected chi connectivity index (χ4v) is 3.36. The van der Waals surface area contributed by atoms with E-state index < -0.39 is 5.97 Å². The SMILES string of the molecule is CCOc1cc(/C=C2\N=C(c3ccc(Cl)c(Cl)c3)OC2=O)ccc1OCc1ccc(F)cc1. The van der Waals surface area contributed by atoms with Gasteiger partial charge in [0.1, 0.15) is 12.4 Å². The van der Waals surface area contributed by atoms with Crippen LogP contribution in [0.15, 0.2) is 71.4 Å².